The van der Waals surface area contributed by atoms with E-state index in [2.05, 4.69) is 15.6 Å². The van der Waals surface area contributed by atoms with Gasteiger partial charge in [-0.3, -0.25) is 9.59 Å². The summed E-state index contributed by atoms with van der Waals surface area (Å²) < 4.78 is 12.4. The van der Waals surface area contributed by atoms with Gasteiger partial charge in [-0.1, -0.05) is 48.5 Å². The van der Waals surface area contributed by atoms with Crippen LogP contribution in [-0.4, -0.2) is 44.5 Å². The molecule has 1 aliphatic rings. The number of fused-ring (bicyclic) bond motifs is 2. The van der Waals surface area contributed by atoms with Gasteiger partial charge in [-0.25, -0.2) is 4.68 Å². The number of carbonyl (C=O) groups is 2. The van der Waals surface area contributed by atoms with Gasteiger partial charge in [0, 0.05) is 18.3 Å². The molecule has 1 N–H and O–H groups in total. The fourth-order valence-electron chi connectivity index (χ4n) is 4.34. The van der Waals surface area contributed by atoms with E-state index in [1.807, 2.05) is 62.4 Å². The van der Waals surface area contributed by atoms with Gasteiger partial charge >= 0.3 is 0 Å². The van der Waals surface area contributed by atoms with Crippen LogP contribution >= 0.6 is 0 Å². The van der Waals surface area contributed by atoms with Crippen LogP contribution in [0.1, 0.15) is 24.5 Å². The molecule has 3 aromatic carbocycles. The van der Waals surface area contributed by atoms with E-state index in [1.165, 1.54) is 0 Å². The number of aromatic nitrogens is 3. The topological polar surface area (TPSA) is 98.6 Å². The second-order valence-corrected chi connectivity index (χ2v) is 8.67. The third-order valence-electron chi connectivity index (χ3n) is 6.33. The summed E-state index contributed by atoms with van der Waals surface area (Å²) in [6.07, 6.45) is 0.437. The SMILES string of the molecule is CCC(C(=O)Nc1ccc2c(c1)OCO2)N(Cc1ccccc1C)C(=O)Cn1nnc2ccccc21. The van der Waals surface area contributed by atoms with Crippen molar-refractivity contribution in [1.82, 2.24) is 19.9 Å². The average Bonchev–Trinajstić information content (AvgIpc) is 3.52. The maximum atomic E-state index is 13.7. The van der Waals surface area contributed by atoms with E-state index in [0.717, 1.165) is 16.6 Å². The van der Waals surface area contributed by atoms with Crippen molar-refractivity contribution < 1.29 is 19.1 Å². The predicted octanol–water partition coefficient (Wildman–Crippen LogP) is 3.91. The molecule has 0 saturated heterocycles. The molecule has 2 heterocycles. The van der Waals surface area contributed by atoms with E-state index in [0.29, 0.717) is 35.7 Å². The number of aryl methyl sites for hydroxylation is 1. The Morgan fingerprint density at radius 3 is 2.67 bits per heavy atom. The summed E-state index contributed by atoms with van der Waals surface area (Å²) >= 11 is 0. The maximum absolute atomic E-state index is 13.7. The Balaban J connectivity index is 1.42. The zero-order valence-electron chi connectivity index (χ0n) is 20.2. The molecule has 4 aromatic rings. The van der Waals surface area contributed by atoms with Crippen molar-refractivity contribution in [2.75, 3.05) is 12.1 Å². The van der Waals surface area contributed by atoms with E-state index in [4.69, 9.17) is 9.47 Å². The molecule has 184 valence electrons. The van der Waals surface area contributed by atoms with Gasteiger partial charge in [-0.05, 0) is 48.7 Å². The highest BCUT2D eigenvalue weighted by molar-refractivity contribution is 5.97. The molecule has 0 spiro atoms. The molecular weight excluding hydrogens is 458 g/mol. The largest absolute Gasteiger partial charge is 0.454 e. The van der Waals surface area contributed by atoms with Crippen molar-refractivity contribution in [3.63, 3.8) is 0 Å². The number of nitrogens with one attached hydrogen (secondary N) is 1. The van der Waals surface area contributed by atoms with Crippen LogP contribution in [0.3, 0.4) is 0 Å². The lowest BCUT2D eigenvalue weighted by molar-refractivity contribution is -0.140. The fraction of sp³-hybridized carbons (Fsp3) is 0.259. The molecule has 36 heavy (non-hydrogen) atoms. The van der Waals surface area contributed by atoms with Crippen LogP contribution in [0.2, 0.25) is 0 Å². The number of nitrogens with zero attached hydrogens (tertiary/aromatic N) is 4. The molecule has 2 amide bonds. The van der Waals surface area contributed by atoms with E-state index in [-0.39, 0.29) is 25.2 Å². The highest BCUT2D eigenvalue weighted by Crippen LogP contribution is 2.34. The molecule has 5 rings (SSSR count). The number of para-hydroxylation sites is 1. The molecule has 0 aliphatic carbocycles. The number of rotatable bonds is 8. The summed E-state index contributed by atoms with van der Waals surface area (Å²) in [6, 6.07) is 19.9. The molecule has 1 aliphatic heterocycles. The van der Waals surface area contributed by atoms with Gasteiger partial charge in [0.1, 0.15) is 18.1 Å². The lowest BCUT2D eigenvalue weighted by atomic mass is 10.1. The summed E-state index contributed by atoms with van der Waals surface area (Å²) in [4.78, 5) is 28.8. The molecule has 0 saturated carbocycles. The van der Waals surface area contributed by atoms with E-state index in [1.54, 1.807) is 27.8 Å². The number of hydrogen-bond donors (Lipinski definition) is 1. The summed E-state index contributed by atoms with van der Waals surface area (Å²) in [6.45, 7) is 4.31. The Morgan fingerprint density at radius 1 is 1.06 bits per heavy atom. The van der Waals surface area contributed by atoms with Crippen LogP contribution in [0, 0.1) is 6.92 Å². The highest BCUT2D eigenvalue weighted by Gasteiger charge is 2.30. The molecule has 1 atom stereocenters. The molecule has 1 unspecified atom stereocenters. The standard InChI is InChI=1S/C27H27N5O4/c1-3-22(27(34)28-20-12-13-24-25(14-20)36-17-35-24)31(15-19-9-5-4-8-18(19)2)26(33)16-32-23-11-7-6-10-21(23)29-30-32/h4-14,22H,3,15-17H2,1-2H3,(H,28,34). The summed E-state index contributed by atoms with van der Waals surface area (Å²) in [7, 11) is 0. The Bertz CT molecular complexity index is 1420. The summed E-state index contributed by atoms with van der Waals surface area (Å²) in [5.41, 5.74) is 4.08. The minimum absolute atomic E-state index is 0.0276. The van der Waals surface area contributed by atoms with Crippen molar-refractivity contribution in [1.29, 1.82) is 0 Å². The second-order valence-electron chi connectivity index (χ2n) is 8.67. The van der Waals surface area contributed by atoms with E-state index < -0.39 is 6.04 Å². The number of ether oxygens (including phenoxy) is 2. The van der Waals surface area contributed by atoms with Gasteiger partial charge in [0.2, 0.25) is 18.6 Å². The van der Waals surface area contributed by atoms with Crippen LogP contribution in [0.5, 0.6) is 11.5 Å². The first-order chi connectivity index (χ1) is 17.5. The van der Waals surface area contributed by atoms with E-state index >= 15 is 0 Å². The van der Waals surface area contributed by atoms with Crippen LogP contribution < -0.4 is 14.8 Å². The van der Waals surface area contributed by atoms with Gasteiger partial charge in [0.15, 0.2) is 11.5 Å². The van der Waals surface area contributed by atoms with Crippen molar-refractivity contribution in [3.8, 4) is 11.5 Å². The van der Waals surface area contributed by atoms with Gasteiger partial charge < -0.3 is 19.7 Å². The van der Waals surface area contributed by atoms with Gasteiger partial charge in [-0.15, -0.1) is 5.10 Å². The number of hydrogen-bond acceptors (Lipinski definition) is 6. The summed E-state index contributed by atoms with van der Waals surface area (Å²) in [5, 5.41) is 11.3. The summed E-state index contributed by atoms with van der Waals surface area (Å²) in [5.74, 6) is 0.714. The molecule has 0 fully saturated rings. The quantitative estimate of drug-likeness (QED) is 0.406. The third kappa shape index (κ3) is 4.72. The Kier molecular flexibility index (Phi) is 6.53. The van der Waals surface area contributed by atoms with Gasteiger partial charge in [0.05, 0.1) is 5.52 Å². The first-order valence-corrected chi connectivity index (χ1v) is 11.9. The molecular formula is C27H27N5O4. The third-order valence-corrected chi connectivity index (χ3v) is 6.33. The predicted molar refractivity (Wildman–Crippen MR) is 135 cm³/mol. The fourth-order valence-corrected chi connectivity index (χ4v) is 4.34. The van der Waals surface area contributed by atoms with Crippen LogP contribution in [0.4, 0.5) is 5.69 Å². The van der Waals surface area contributed by atoms with Crippen LogP contribution in [0.15, 0.2) is 66.7 Å². The Labute approximate surface area is 208 Å². The van der Waals surface area contributed by atoms with Crippen LogP contribution in [0.25, 0.3) is 11.0 Å². The van der Waals surface area contributed by atoms with Crippen molar-refractivity contribution in [2.45, 2.75) is 39.4 Å². The second kappa shape index (κ2) is 10.1. The maximum Gasteiger partial charge on any atom is 0.247 e. The lowest BCUT2D eigenvalue weighted by Gasteiger charge is -2.31. The first kappa shape index (κ1) is 23.3. The molecule has 0 radical (unpaired) electrons. The molecule has 0 bridgehead atoms. The Morgan fingerprint density at radius 2 is 1.83 bits per heavy atom. The lowest BCUT2D eigenvalue weighted by Crippen LogP contribution is -2.48. The monoisotopic (exact) mass is 485 g/mol. The van der Waals surface area contributed by atoms with Crippen molar-refractivity contribution in [2.24, 2.45) is 0 Å². The molecule has 9 heteroatoms. The van der Waals surface area contributed by atoms with Gasteiger partial charge in [-0.2, -0.15) is 0 Å². The zero-order chi connectivity index (χ0) is 25.1. The molecule has 9 nitrogen and oxygen atoms in total. The number of anilines is 1. The number of amides is 2. The molecule has 1 aromatic heterocycles. The van der Waals surface area contributed by atoms with Crippen molar-refractivity contribution in [3.05, 3.63) is 77.9 Å². The minimum atomic E-state index is -0.697. The Hall–Kier alpha value is -4.40. The average molecular weight is 486 g/mol. The smallest absolute Gasteiger partial charge is 0.247 e. The zero-order valence-corrected chi connectivity index (χ0v) is 20.2. The number of benzene rings is 3. The first-order valence-electron chi connectivity index (χ1n) is 11.9. The normalized spacial score (nSPS) is 12.9. The number of carbonyl (C=O) groups excluding carboxylic acids is 2. The minimum Gasteiger partial charge on any atom is -0.454 e. The van der Waals surface area contributed by atoms with E-state index in [9.17, 15) is 9.59 Å². The van der Waals surface area contributed by atoms with Gasteiger partial charge in [0.25, 0.3) is 0 Å². The van der Waals surface area contributed by atoms with Crippen LogP contribution in [-0.2, 0) is 22.7 Å². The highest BCUT2D eigenvalue weighted by atomic mass is 16.7. The van der Waals surface area contributed by atoms with Crippen molar-refractivity contribution >= 4 is 28.5 Å².